The number of carbonyl (C=O) groups is 1. The van der Waals surface area contributed by atoms with E-state index in [1.807, 2.05) is 24.3 Å². The molecule has 1 fully saturated rings. The van der Waals surface area contributed by atoms with Crippen molar-refractivity contribution in [1.82, 2.24) is 14.5 Å². The number of para-hydroxylation sites is 2. The second-order valence-electron chi connectivity index (χ2n) is 10.7. The van der Waals surface area contributed by atoms with Gasteiger partial charge in [0.15, 0.2) is 0 Å². The van der Waals surface area contributed by atoms with Gasteiger partial charge < -0.3 is 14.8 Å². The molecular weight excluding hydrogens is 500 g/mol. The number of carbonyl (C=O) groups excluding carboxylic acids is 1. The van der Waals surface area contributed by atoms with Crippen molar-refractivity contribution in [2.75, 3.05) is 11.9 Å². The molecule has 2 aromatic heterocycles. The van der Waals surface area contributed by atoms with Gasteiger partial charge in [0.25, 0.3) is 5.91 Å². The number of imidazole rings is 1. The molecule has 3 heterocycles. The van der Waals surface area contributed by atoms with Crippen molar-refractivity contribution in [2.24, 2.45) is 0 Å². The number of nitrogens with zero attached hydrogens (tertiary/aromatic N) is 3. The third-order valence-corrected chi connectivity index (χ3v) is 8.50. The fourth-order valence-electron chi connectivity index (χ4n) is 5.88. The first-order chi connectivity index (χ1) is 19.0. The van der Waals surface area contributed by atoms with Gasteiger partial charge in [0.1, 0.15) is 0 Å². The van der Waals surface area contributed by atoms with Crippen LogP contribution >= 0.6 is 11.3 Å². The van der Waals surface area contributed by atoms with Crippen LogP contribution in [0.2, 0.25) is 0 Å². The topological polar surface area (TPSA) is 50.2 Å². The smallest absolute Gasteiger partial charge is 0.254 e. The van der Waals surface area contributed by atoms with Gasteiger partial charge in [-0.15, -0.1) is 11.3 Å². The lowest BCUT2D eigenvalue weighted by Gasteiger charge is -2.40. The summed E-state index contributed by atoms with van der Waals surface area (Å²) in [5, 5.41) is 5.93. The molecule has 0 saturated carbocycles. The number of benzene rings is 3. The number of thiophene rings is 1. The number of hydrogen-bond acceptors (Lipinski definition) is 4. The maximum absolute atomic E-state index is 13.8. The minimum Gasteiger partial charge on any atom is -0.353 e. The van der Waals surface area contributed by atoms with Crippen molar-refractivity contribution in [3.8, 4) is 0 Å². The highest BCUT2D eigenvalue weighted by atomic mass is 32.1. The Morgan fingerprint density at radius 3 is 2.51 bits per heavy atom. The molecular formula is C33H34N4OS. The minimum atomic E-state index is 0.0992. The quantitative estimate of drug-likeness (QED) is 0.242. The zero-order valence-corrected chi connectivity index (χ0v) is 23.3. The highest BCUT2D eigenvalue weighted by Gasteiger charge is 2.33. The molecule has 6 rings (SSSR count). The lowest BCUT2D eigenvalue weighted by molar-refractivity contribution is 0.0602. The molecule has 2 atom stereocenters. The zero-order chi connectivity index (χ0) is 26.8. The molecule has 6 heteroatoms. The highest BCUT2D eigenvalue weighted by molar-refractivity contribution is 7.09. The number of nitrogens with one attached hydrogen (secondary N) is 1. The van der Waals surface area contributed by atoms with Crippen LogP contribution in [0.15, 0.2) is 90.3 Å². The van der Waals surface area contributed by atoms with Gasteiger partial charge >= 0.3 is 0 Å². The monoisotopic (exact) mass is 534 g/mol. The molecule has 0 spiro atoms. The molecule has 1 saturated heterocycles. The van der Waals surface area contributed by atoms with Crippen molar-refractivity contribution in [2.45, 2.75) is 51.7 Å². The summed E-state index contributed by atoms with van der Waals surface area (Å²) < 4.78 is 2.29. The van der Waals surface area contributed by atoms with Crippen LogP contribution in [-0.2, 0) is 13.0 Å². The van der Waals surface area contributed by atoms with Crippen LogP contribution in [0.25, 0.3) is 11.0 Å². The van der Waals surface area contributed by atoms with Crippen LogP contribution in [0.5, 0.6) is 0 Å². The van der Waals surface area contributed by atoms with Crippen molar-refractivity contribution in [3.05, 3.63) is 117 Å². The van der Waals surface area contributed by atoms with E-state index in [0.29, 0.717) is 6.54 Å². The summed E-state index contributed by atoms with van der Waals surface area (Å²) >= 11 is 1.77. The van der Waals surface area contributed by atoms with Crippen LogP contribution < -0.4 is 5.32 Å². The van der Waals surface area contributed by atoms with Gasteiger partial charge in [0.2, 0.25) is 5.95 Å². The van der Waals surface area contributed by atoms with Crippen LogP contribution in [0.3, 0.4) is 0 Å². The Hall–Kier alpha value is -3.90. The van der Waals surface area contributed by atoms with Gasteiger partial charge in [-0.3, -0.25) is 4.79 Å². The number of anilines is 1. The maximum Gasteiger partial charge on any atom is 0.254 e. The molecule has 1 aliphatic rings. The van der Waals surface area contributed by atoms with E-state index in [1.165, 1.54) is 10.4 Å². The van der Waals surface area contributed by atoms with Crippen molar-refractivity contribution in [3.63, 3.8) is 0 Å². The van der Waals surface area contributed by atoms with E-state index in [9.17, 15) is 4.79 Å². The van der Waals surface area contributed by atoms with Crippen LogP contribution in [0.1, 0.15) is 44.8 Å². The summed E-state index contributed by atoms with van der Waals surface area (Å²) in [6, 6.07) is 29.6. The van der Waals surface area contributed by atoms with E-state index in [-0.39, 0.29) is 18.0 Å². The normalized spacial score (nSPS) is 17.4. The first kappa shape index (κ1) is 25.4. The molecule has 1 aliphatic heterocycles. The number of rotatable bonds is 7. The summed E-state index contributed by atoms with van der Waals surface area (Å²) in [7, 11) is 0. The van der Waals surface area contributed by atoms with Gasteiger partial charge in [-0.05, 0) is 74.4 Å². The SMILES string of the molecule is Cc1cc(C)cc(C(=O)N2CC[C@@H](Nc3nc4ccccc4n3Cc3cccs3)C[C@H]2Cc2ccccc2)c1. The molecule has 5 aromatic rings. The van der Waals surface area contributed by atoms with Gasteiger partial charge in [-0.25, -0.2) is 4.98 Å². The summed E-state index contributed by atoms with van der Waals surface area (Å²) in [5.41, 5.74) is 6.43. The van der Waals surface area contributed by atoms with E-state index in [0.717, 1.165) is 59.5 Å². The molecule has 39 heavy (non-hydrogen) atoms. The number of aryl methyl sites for hydroxylation is 2. The predicted molar refractivity (Wildman–Crippen MR) is 161 cm³/mol. The average molecular weight is 535 g/mol. The van der Waals surface area contributed by atoms with Gasteiger partial charge in [0.05, 0.1) is 17.6 Å². The molecule has 0 radical (unpaired) electrons. The third kappa shape index (κ3) is 5.62. The number of amides is 1. The largest absolute Gasteiger partial charge is 0.353 e. The standard InChI is InChI=1S/C33H34N4OS/c1-23-17-24(2)19-26(18-23)32(38)36-15-14-27(21-28(36)20-25-9-4-3-5-10-25)34-33-35-30-12-6-7-13-31(30)37(33)22-29-11-8-16-39-29/h3-13,16-19,27-28H,14-15,20-22H2,1-2H3,(H,34,35)/t27-,28-/m1/s1. The third-order valence-electron chi connectivity index (χ3n) is 7.64. The van der Waals surface area contributed by atoms with Crippen molar-refractivity contribution >= 4 is 34.2 Å². The van der Waals surface area contributed by atoms with E-state index >= 15 is 0 Å². The first-order valence-corrected chi connectivity index (χ1v) is 14.6. The van der Waals surface area contributed by atoms with Gasteiger partial charge in [-0.2, -0.15) is 0 Å². The first-order valence-electron chi connectivity index (χ1n) is 13.7. The number of fused-ring (bicyclic) bond motifs is 1. The van der Waals surface area contributed by atoms with Gasteiger partial charge in [0, 0.05) is 29.1 Å². The molecule has 5 nitrogen and oxygen atoms in total. The van der Waals surface area contributed by atoms with E-state index in [4.69, 9.17) is 4.98 Å². The Morgan fingerprint density at radius 1 is 0.974 bits per heavy atom. The summed E-state index contributed by atoms with van der Waals surface area (Å²) in [5.74, 6) is 1.04. The Kier molecular flexibility index (Phi) is 7.20. The van der Waals surface area contributed by atoms with E-state index in [1.54, 1.807) is 11.3 Å². The molecule has 1 amide bonds. The van der Waals surface area contributed by atoms with Crippen molar-refractivity contribution < 1.29 is 4.79 Å². The summed E-state index contributed by atoms with van der Waals surface area (Å²) in [6.45, 7) is 5.62. The number of aromatic nitrogens is 2. The summed E-state index contributed by atoms with van der Waals surface area (Å²) in [6.07, 6.45) is 2.58. The lowest BCUT2D eigenvalue weighted by Crippen LogP contribution is -2.50. The summed E-state index contributed by atoms with van der Waals surface area (Å²) in [4.78, 5) is 22.2. The minimum absolute atomic E-state index is 0.0992. The Balaban J connectivity index is 1.27. The molecule has 1 N–H and O–H groups in total. The van der Waals surface area contributed by atoms with Crippen LogP contribution in [-0.4, -0.2) is 39.0 Å². The molecule has 0 aliphatic carbocycles. The molecule has 0 bridgehead atoms. The maximum atomic E-state index is 13.8. The Labute approximate surface area is 234 Å². The number of likely N-dealkylation sites (tertiary alicyclic amines) is 1. The van der Waals surface area contributed by atoms with E-state index in [2.05, 4.69) is 94.7 Å². The molecule has 198 valence electrons. The highest BCUT2D eigenvalue weighted by Crippen LogP contribution is 2.28. The van der Waals surface area contributed by atoms with Crippen molar-refractivity contribution in [1.29, 1.82) is 0 Å². The number of hydrogen-bond donors (Lipinski definition) is 1. The number of piperidine rings is 1. The van der Waals surface area contributed by atoms with Gasteiger partial charge in [-0.1, -0.05) is 65.7 Å². The predicted octanol–water partition coefficient (Wildman–Crippen LogP) is 7.09. The van der Waals surface area contributed by atoms with Crippen LogP contribution in [0.4, 0.5) is 5.95 Å². The molecule has 0 unspecified atom stereocenters. The molecule has 3 aromatic carbocycles. The lowest BCUT2D eigenvalue weighted by atomic mass is 9.91. The van der Waals surface area contributed by atoms with E-state index < -0.39 is 0 Å². The van der Waals surface area contributed by atoms with Crippen LogP contribution in [0, 0.1) is 13.8 Å². The fraction of sp³-hybridized carbons (Fsp3) is 0.273. The second kappa shape index (κ2) is 11.1. The Morgan fingerprint density at radius 2 is 1.74 bits per heavy atom. The zero-order valence-electron chi connectivity index (χ0n) is 22.5. The Bertz CT molecular complexity index is 1550. The fourth-order valence-corrected chi connectivity index (χ4v) is 6.57. The average Bonchev–Trinajstić information content (AvgIpc) is 3.57. The second-order valence-corrected chi connectivity index (χ2v) is 11.7.